The summed E-state index contributed by atoms with van der Waals surface area (Å²) in [7, 11) is 0. The van der Waals surface area contributed by atoms with Crippen LogP contribution in [0.5, 0.6) is 5.75 Å². The van der Waals surface area contributed by atoms with E-state index in [2.05, 4.69) is 15.8 Å². The SMILES string of the molecule is O=C(CCCNC(=O)c1cccc([N+](=O)[O-])c1)NN=Cc1ccc(OC(=O)c2ccccc2Cl)cc1. The molecule has 11 heteroatoms. The van der Waals surface area contributed by atoms with E-state index in [1.54, 1.807) is 48.5 Å². The molecule has 3 aromatic rings. The third kappa shape index (κ3) is 7.74. The Morgan fingerprint density at radius 2 is 1.78 bits per heavy atom. The Kier molecular flexibility index (Phi) is 9.24. The minimum Gasteiger partial charge on any atom is -0.423 e. The number of rotatable bonds is 10. The number of benzene rings is 3. The molecule has 0 aliphatic rings. The number of nitro benzene ring substituents is 1. The van der Waals surface area contributed by atoms with E-state index in [1.807, 2.05) is 0 Å². The average Bonchev–Trinajstić information content (AvgIpc) is 2.87. The number of ether oxygens (including phenoxy) is 1. The highest BCUT2D eigenvalue weighted by atomic mass is 35.5. The number of halogens is 1. The zero-order valence-electron chi connectivity index (χ0n) is 18.8. The number of nitro groups is 1. The van der Waals surface area contributed by atoms with Gasteiger partial charge in [-0.05, 0) is 54.4 Å². The van der Waals surface area contributed by atoms with Gasteiger partial charge in [-0.15, -0.1) is 0 Å². The van der Waals surface area contributed by atoms with E-state index in [-0.39, 0.29) is 35.7 Å². The molecule has 2 amide bonds. The smallest absolute Gasteiger partial charge is 0.345 e. The predicted molar refractivity (Wildman–Crippen MR) is 133 cm³/mol. The number of esters is 1. The highest BCUT2D eigenvalue weighted by Crippen LogP contribution is 2.19. The second-order valence-corrected chi connectivity index (χ2v) is 7.81. The van der Waals surface area contributed by atoms with Gasteiger partial charge in [0.05, 0.1) is 21.7 Å². The number of hydrogen-bond acceptors (Lipinski definition) is 7. The van der Waals surface area contributed by atoms with Crippen molar-refractivity contribution in [1.29, 1.82) is 0 Å². The van der Waals surface area contributed by atoms with E-state index in [0.717, 1.165) is 0 Å². The molecule has 3 aromatic carbocycles. The number of nitrogens with zero attached hydrogens (tertiary/aromatic N) is 2. The van der Waals surface area contributed by atoms with Gasteiger partial charge in [-0.2, -0.15) is 5.10 Å². The maximum Gasteiger partial charge on any atom is 0.345 e. The summed E-state index contributed by atoms with van der Waals surface area (Å²) in [4.78, 5) is 46.4. The van der Waals surface area contributed by atoms with Crippen LogP contribution in [0, 0.1) is 10.1 Å². The molecule has 0 saturated carbocycles. The molecule has 0 unspecified atom stereocenters. The quantitative estimate of drug-likeness (QED) is 0.105. The van der Waals surface area contributed by atoms with Gasteiger partial charge in [0.15, 0.2) is 0 Å². The fraction of sp³-hybridized carbons (Fsp3) is 0.120. The lowest BCUT2D eigenvalue weighted by molar-refractivity contribution is -0.384. The van der Waals surface area contributed by atoms with Crippen molar-refractivity contribution >= 4 is 41.3 Å². The zero-order valence-corrected chi connectivity index (χ0v) is 19.6. The summed E-state index contributed by atoms with van der Waals surface area (Å²) in [5, 5.41) is 17.6. The predicted octanol–water partition coefficient (Wildman–Crippen LogP) is 4.13. The summed E-state index contributed by atoms with van der Waals surface area (Å²) < 4.78 is 5.30. The van der Waals surface area contributed by atoms with Crippen LogP contribution in [0.15, 0.2) is 77.9 Å². The Morgan fingerprint density at radius 3 is 2.50 bits per heavy atom. The molecule has 0 radical (unpaired) electrons. The number of amides is 2. The first-order valence-electron chi connectivity index (χ1n) is 10.7. The van der Waals surface area contributed by atoms with E-state index < -0.39 is 16.8 Å². The Morgan fingerprint density at radius 1 is 1.03 bits per heavy atom. The fourth-order valence-corrected chi connectivity index (χ4v) is 3.17. The molecule has 3 rings (SSSR count). The summed E-state index contributed by atoms with van der Waals surface area (Å²) in [6, 6.07) is 18.5. The highest BCUT2D eigenvalue weighted by molar-refractivity contribution is 6.33. The number of nitrogens with one attached hydrogen (secondary N) is 2. The molecular formula is C25H21ClN4O6. The Bertz CT molecular complexity index is 1290. The molecule has 0 aliphatic heterocycles. The number of non-ortho nitro benzene ring substituents is 1. The van der Waals surface area contributed by atoms with Crippen molar-refractivity contribution in [2.24, 2.45) is 5.10 Å². The average molecular weight is 509 g/mol. The minimum absolute atomic E-state index is 0.115. The van der Waals surface area contributed by atoms with Crippen LogP contribution in [0.1, 0.15) is 39.1 Å². The number of carbonyl (C=O) groups excluding carboxylic acids is 3. The van der Waals surface area contributed by atoms with E-state index in [9.17, 15) is 24.5 Å². The van der Waals surface area contributed by atoms with Gasteiger partial charge in [-0.1, -0.05) is 29.8 Å². The molecule has 2 N–H and O–H groups in total. The van der Waals surface area contributed by atoms with Crippen LogP contribution in [0.3, 0.4) is 0 Å². The van der Waals surface area contributed by atoms with E-state index in [0.29, 0.717) is 22.8 Å². The second kappa shape index (κ2) is 12.8. The van der Waals surface area contributed by atoms with Crippen LogP contribution in [-0.4, -0.2) is 35.5 Å². The monoisotopic (exact) mass is 508 g/mol. The molecule has 10 nitrogen and oxygen atoms in total. The number of carbonyl (C=O) groups is 3. The largest absolute Gasteiger partial charge is 0.423 e. The van der Waals surface area contributed by atoms with E-state index in [4.69, 9.17) is 16.3 Å². The maximum absolute atomic E-state index is 12.2. The molecule has 0 saturated heterocycles. The summed E-state index contributed by atoms with van der Waals surface area (Å²) in [6.45, 7) is 0.215. The van der Waals surface area contributed by atoms with Gasteiger partial charge < -0.3 is 10.1 Å². The van der Waals surface area contributed by atoms with Crippen molar-refractivity contribution in [3.8, 4) is 5.75 Å². The summed E-state index contributed by atoms with van der Waals surface area (Å²) in [5.74, 6) is -1.05. The standard InChI is InChI=1S/C25H21ClN4O6/c26-22-8-2-1-7-21(22)25(33)36-20-12-10-17(11-13-20)16-28-29-23(31)9-4-14-27-24(32)18-5-3-6-19(15-18)30(34)35/h1-3,5-8,10-13,15-16H,4,9,14H2,(H,27,32)(H,29,31). The van der Waals surface area contributed by atoms with Crippen molar-refractivity contribution < 1.29 is 24.0 Å². The third-order valence-electron chi connectivity index (χ3n) is 4.77. The van der Waals surface area contributed by atoms with Gasteiger partial charge >= 0.3 is 5.97 Å². The first kappa shape index (κ1) is 26.0. The molecule has 0 fully saturated rings. The third-order valence-corrected chi connectivity index (χ3v) is 5.10. The lowest BCUT2D eigenvalue weighted by atomic mass is 10.2. The first-order valence-corrected chi connectivity index (χ1v) is 11.1. The lowest BCUT2D eigenvalue weighted by Crippen LogP contribution is -2.26. The van der Waals surface area contributed by atoms with Crippen molar-refractivity contribution in [2.45, 2.75) is 12.8 Å². The zero-order chi connectivity index (χ0) is 25.9. The molecule has 0 heterocycles. The van der Waals surface area contributed by atoms with E-state index in [1.165, 1.54) is 30.5 Å². The lowest BCUT2D eigenvalue weighted by Gasteiger charge is -2.06. The van der Waals surface area contributed by atoms with Gasteiger partial charge in [0.2, 0.25) is 5.91 Å². The van der Waals surface area contributed by atoms with Crippen LogP contribution >= 0.6 is 11.6 Å². The molecule has 36 heavy (non-hydrogen) atoms. The molecule has 0 aromatic heterocycles. The van der Waals surface area contributed by atoms with Crippen LogP contribution in [-0.2, 0) is 4.79 Å². The van der Waals surface area contributed by atoms with E-state index >= 15 is 0 Å². The van der Waals surface area contributed by atoms with Crippen LogP contribution in [0.4, 0.5) is 5.69 Å². The highest BCUT2D eigenvalue weighted by Gasteiger charge is 2.12. The van der Waals surface area contributed by atoms with Crippen LogP contribution in [0.25, 0.3) is 0 Å². The molecule has 0 aliphatic carbocycles. The van der Waals surface area contributed by atoms with Gasteiger partial charge in [-0.25, -0.2) is 10.2 Å². The number of hydrogen-bond donors (Lipinski definition) is 2. The molecule has 184 valence electrons. The van der Waals surface area contributed by atoms with Gasteiger partial charge in [0.1, 0.15) is 5.75 Å². The summed E-state index contributed by atoms with van der Waals surface area (Å²) >= 11 is 6.00. The molecule has 0 bridgehead atoms. The topological polar surface area (TPSA) is 140 Å². The first-order chi connectivity index (χ1) is 17.3. The minimum atomic E-state index is -0.576. The summed E-state index contributed by atoms with van der Waals surface area (Å²) in [6.07, 6.45) is 1.90. The van der Waals surface area contributed by atoms with Crippen LogP contribution < -0.4 is 15.5 Å². The number of hydrazone groups is 1. The summed E-state index contributed by atoms with van der Waals surface area (Å²) in [5.41, 5.74) is 3.31. The van der Waals surface area contributed by atoms with Crippen molar-refractivity contribution in [1.82, 2.24) is 10.7 Å². The molecular weight excluding hydrogens is 488 g/mol. The maximum atomic E-state index is 12.2. The fourth-order valence-electron chi connectivity index (χ4n) is 2.96. The Hall–Kier alpha value is -4.57. The normalized spacial score (nSPS) is 10.6. The second-order valence-electron chi connectivity index (χ2n) is 7.40. The Labute approximate surface area is 211 Å². The van der Waals surface area contributed by atoms with Gasteiger partial charge in [-0.3, -0.25) is 19.7 Å². The Balaban J connectivity index is 1.38. The van der Waals surface area contributed by atoms with Gasteiger partial charge in [0, 0.05) is 30.7 Å². The van der Waals surface area contributed by atoms with Crippen molar-refractivity contribution in [3.05, 3.63) is 105 Å². The van der Waals surface area contributed by atoms with Crippen LogP contribution in [0.2, 0.25) is 5.02 Å². The van der Waals surface area contributed by atoms with Crippen molar-refractivity contribution in [3.63, 3.8) is 0 Å². The molecule has 0 atom stereocenters. The van der Waals surface area contributed by atoms with Crippen molar-refractivity contribution in [2.75, 3.05) is 6.54 Å². The van der Waals surface area contributed by atoms with Gasteiger partial charge in [0.25, 0.3) is 11.6 Å². The molecule has 0 spiro atoms.